The zero-order valence-electron chi connectivity index (χ0n) is 10.4. The van der Waals surface area contributed by atoms with Gasteiger partial charge in [-0.1, -0.05) is 30.3 Å². The monoisotopic (exact) mass is 248 g/mol. The largest absolute Gasteiger partial charge is 0.396 e. The number of carbonyl (C=O) groups excluding carboxylic acids is 1. The molecule has 0 saturated heterocycles. The summed E-state index contributed by atoms with van der Waals surface area (Å²) >= 11 is 0. The fourth-order valence-corrected chi connectivity index (χ4v) is 1.90. The Morgan fingerprint density at radius 2 is 2.06 bits per heavy atom. The van der Waals surface area contributed by atoms with Gasteiger partial charge in [-0.2, -0.15) is 0 Å². The van der Waals surface area contributed by atoms with Crippen LogP contribution in [0.5, 0.6) is 0 Å². The van der Waals surface area contributed by atoms with E-state index >= 15 is 0 Å². The highest BCUT2D eigenvalue weighted by atomic mass is 16.3. The molecule has 0 aromatic heterocycles. The molecule has 1 fully saturated rings. The second-order valence-corrected chi connectivity index (χ2v) is 4.77. The zero-order chi connectivity index (χ0) is 12.8. The summed E-state index contributed by atoms with van der Waals surface area (Å²) in [6, 6.07) is 9.45. The maximum Gasteiger partial charge on any atom is 0.315 e. The number of aliphatic hydroxyl groups excluding tert-OH is 1. The lowest BCUT2D eigenvalue weighted by molar-refractivity contribution is 0.229. The second-order valence-electron chi connectivity index (χ2n) is 4.77. The molecule has 1 aromatic rings. The summed E-state index contributed by atoms with van der Waals surface area (Å²) in [6.07, 6.45) is 2.97. The Kier molecular flexibility index (Phi) is 4.59. The summed E-state index contributed by atoms with van der Waals surface area (Å²) in [5.74, 6) is 0.670. The Balaban J connectivity index is 1.86. The molecule has 0 unspecified atom stereocenters. The summed E-state index contributed by atoms with van der Waals surface area (Å²) in [5.41, 5.74) is 1.02. The van der Waals surface area contributed by atoms with Crippen LogP contribution in [0.25, 0.3) is 0 Å². The molecule has 1 aliphatic rings. The van der Waals surface area contributed by atoms with Crippen molar-refractivity contribution in [1.29, 1.82) is 0 Å². The lowest BCUT2D eigenvalue weighted by Gasteiger charge is -2.18. The number of hydrogen-bond donors (Lipinski definition) is 3. The molecule has 0 bridgehead atoms. The summed E-state index contributed by atoms with van der Waals surface area (Å²) in [7, 11) is 0. The van der Waals surface area contributed by atoms with Crippen LogP contribution < -0.4 is 10.6 Å². The van der Waals surface area contributed by atoms with Crippen molar-refractivity contribution >= 4 is 6.03 Å². The van der Waals surface area contributed by atoms with Crippen molar-refractivity contribution in [1.82, 2.24) is 10.6 Å². The van der Waals surface area contributed by atoms with Crippen LogP contribution in [0.4, 0.5) is 4.79 Å². The van der Waals surface area contributed by atoms with Crippen molar-refractivity contribution in [3.05, 3.63) is 35.9 Å². The number of amides is 2. The van der Waals surface area contributed by atoms with E-state index < -0.39 is 0 Å². The fraction of sp³-hybridized carbons (Fsp3) is 0.500. The van der Waals surface area contributed by atoms with Gasteiger partial charge in [-0.15, -0.1) is 0 Å². The Morgan fingerprint density at radius 3 is 2.67 bits per heavy atom. The van der Waals surface area contributed by atoms with E-state index in [1.807, 2.05) is 30.3 Å². The lowest BCUT2D eigenvalue weighted by Crippen LogP contribution is -2.39. The van der Waals surface area contributed by atoms with E-state index in [0.717, 1.165) is 12.1 Å². The average molecular weight is 248 g/mol. The second kappa shape index (κ2) is 6.40. The van der Waals surface area contributed by atoms with E-state index in [0.29, 0.717) is 12.3 Å². The van der Waals surface area contributed by atoms with E-state index in [4.69, 9.17) is 5.11 Å². The normalized spacial score (nSPS) is 16.1. The third-order valence-corrected chi connectivity index (χ3v) is 3.17. The van der Waals surface area contributed by atoms with Gasteiger partial charge in [0.05, 0.1) is 6.04 Å². The van der Waals surface area contributed by atoms with Gasteiger partial charge in [0, 0.05) is 13.2 Å². The Labute approximate surface area is 107 Å². The van der Waals surface area contributed by atoms with Crippen LogP contribution in [-0.4, -0.2) is 24.3 Å². The zero-order valence-corrected chi connectivity index (χ0v) is 10.4. The van der Waals surface area contributed by atoms with E-state index in [1.54, 1.807) is 0 Å². The first-order chi connectivity index (χ1) is 8.79. The van der Waals surface area contributed by atoms with E-state index in [2.05, 4.69) is 10.6 Å². The maximum absolute atomic E-state index is 11.7. The molecule has 4 heteroatoms. The van der Waals surface area contributed by atoms with Gasteiger partial charge in [0.2, 0.25) is 0 Å². The van der Waals surface area contributed by atoms with Crippen LogP contribution in [0.15, 0.2) is 30.3 Å². The molecule has 3 N–H and O–H groups in total. The molecule has 4 nitrogen and oxygen atoms in total. The van der Waals surface area contributed by atoms with Gasteiger partial charge in [0.25, 0.3) is 0 Å². The summed E-state index contributed by atoms with van der Waals surface area (Å²) < 4.78 is 0. The fourth-order valence-electron chi connectivity index (χ4n) is 1.90. The first-order valence-electron chi connectivity index (χ1n) is 6.49. The first kappa shape index (κ1) is 12.9. The van der Waals surface area contributed by atoms with Gasteiger partial charge in [0.1, 0.15) is 0 Å². The molecule has 0 aliphatic heterocycles. The van der Waals surface area contributed by atoms with Gasteiger partial charge in [0.15, 0.2) is 0 Å². The molecule has 2 amide bonds. The predicted molar refractivity (Wildman–Crippen MR) is 70.1 cm³/mol. The van der Waals surface area contributed by atoms with Crippen LogP contribution >= 0.6 is 0 Å². The smallest absolute Gasteiger partial charge is 0.315 e. The number of carbonyl (C=O) groups is 1. The molecule has 0 radical (unpaired) electrons. The van der Waals surface area contributed by atoms with E-state index in [9.17, 15) is 4.79 Å². The van der Waals surface area contributed by atoms with Crippen LogP contribution in [-0.2, 0) is 0 Å². The average Bonchev–Trinajstić information content (AvgIpc) is 3.21. The van der Waals surface area contributed by atoms with E-state index in [1.165, 1.54) is 12.8 Å². The van der Waals surface area contributed by atoms with Gasteiger partial charge in [-0.05, 0) is 30.7 Å². The van der Waals surface area contributed by atoms with Gasteiger partial charge < -0.3 is 15.7 Å². The minimum absolute atomic E-state index is 0.0580. The Bertz CT molecular complexity index is 377. The van der Waals surface area contributed by atoms with Crippen molar-refractivity contribution in [2.45, 2.75) is 25.3 Å². The Morgan fingerprint density at radius 1 is 1.33 bits per heavy atom. The summed E-state index contributed by atoms with van der Waals surface area (Å²) in [6.45, 7) is 0.814. The minimum Gasteiger partial charge on any atom is -0.396 e. The molecular formula is C14H20N2O2. The highest BCUT2D eigenvalue weighted by molar-refractivity contribution is 5.74. The SMILES string of the molecule is O=C(NCC1CC1)N[C@H](CCO)c1ccccc1. The summed E-state index contributed by atoms with van der Waals surface area (Å²) in [4.78, 5) is 11.7. The predicted octanol–water partition coefficient (Wildman–Crippen LogP) is 1.82. The molecule has 1 aromatic carbocycles. The van der Waals surface area contributed by atoms with Crippen molar-refractivity contribution in [2.75, 3.05) is 13.2 Å². The molecule has 1 saturated carbocycles. The molecule has 18 heavy (non-hydrogen) atoms. The molecular weight excluding hydrogens is 228 g/mol. The topological polar surface area (TPSA) is 61.4 Å². The number of hydrogen-bond acceptors (Lipinski definition) is 2. The first-order valence-corrected chi connectivity index (χ1v) is 6.49. The number of aliphatic hydroxyl groups is 1. The number of benzene rings is 1. The number of nitrogens with one attached hydrogen (secondary N) is 2. The maximum atomic E-state index is 11.7. The van der Waals surface area contributed by atoms with Gasteiger partial charge in [-0.3, -0.25) is 0 Å². The van der Waals surface area contributed by atoms with Crippen LogP contribution in [0, 0.1) is 5.92 Å². The van der Waals surface area contributed by atoms with Crippen molar-refractivity contribution in [3.63, 3.8) is 0 Å². The lowest BCUT2D eigenvalue weighted by atomic mass is 10.0. The summed E-state index contributed by atoms with van der Waals surface area (Å²) in [5, 5.41) is 14.8. The van der Waals surface area contributed by atoms with Crippen LogP contribution in [0.2, 0.25) is 0 Å². The third-order valence-electron chi connectivity index (χ3n) is 3.17. The third kappa shape index (κ3) is 4.04. The molecule has 2 rings (SSSR count). The highest BCUT2D eigenvalue weighted by Crippen LogP contribution is 2.27. The van der Waals surface area contributed by atoms with Crippen molar-refractivity contribution < 1.29 is 9.90 Å². The minimum atomic E-state index is -0.149. The van der Waals surface area contributed by atoms with Crippen molar-refractivity contribution in [3.8, 4) is 0 Å². The highest BCUT2D eigenvalue weighted by Gasteiger charge is 2.22. The Hall–Kier alpha value is -1.55. The van der Waals surface area contributed by atoms with Crippen LogP contribution in [0.1, 0.15) is 30.9 Å². The quantitative estimate of drug-likeness (QED) is 0.719. The van der Waals surface area contributed by atoms with Crippen molar-refractivity contribution in [2.24, 2.45) is 5.92 Å². The molecule has 1 atom stereocenters. The molecule has 0 heterocycles. The molecule has 1 aliphatic carbocycles. The standard InChI is InChI=1S/C14H20N2O2/c17-9-8-13(12-4-2-1-3-5-12)16-14(18)15-10-11-6-7-11/h1-5,11,13,17H,6-10H2,(H2,15,16,18)/t13-/m1/s1. The van der Waals surface area contributed by atoms with Gasteiger partial charge in [-0.25, -0.2) is 4.79 Å². The molecule has 0 spiro atoms. The molecule has 98 valence electrons. The number of urea groups is 1. The van der Waals surface area contributed by atoms with Gasteiger partial charge >= 0.3 is 6.03 Å². The number of rotatable bonds is 6. The van der Waals surface area contributed by atoms with E-state index in [-0.39, 0.29) is 18.7 Å². The van der Waals surface area contributed by atoms with Crippen LogP contribution in [0.3, 0.4) is 0 Å².